The van der Waals surface area contributed by atoms with Gasteiger partial charge in [0.05, 0.1) is 13.7 Å². The van der Waals surface area contributed by atoms with Crippen molar-refractivity contribution in [2.24, 2.45) is 5.73 Å². The smallest absolute Gasteiger partial charge is 0.319 e. The van der Waals surface area contributed by atoms with Crippen molar-refractivity contribution in [2.75, 3.05) is 13.7 Å². The summed E-state index contributed by atoms with van der Waals surface area (Å²) in [6, 6.07) is 13.5. The summed E-state index contributed by atoms with van der Waals surface area (Å²) in [5.74, 6) is 0.293. The molecule has 0 saturated heterocycles. The lowest BCUT2D eigenvalue weighted by Crippen LogP contribution is -2.14. The molecule has 2 rings (SSSR count). The van der Waals surface area contributed by atoms with Crippen molar-refractivity contribution >= 4 is 5.97 Å². The zero-order chi connectivity index (χ0) is 18.9. The lowest BCUT2D eigenvalue weighted by molar-refractivity contribution is -0.138. The molecule has 2 aromatic rings. The number of hydrogen-bond acceptors (Lipinski definition) is 6. The topological polar surface area (TPSA) is 91.0 Å². The zero-order valence-corrected chi connectivity index (χ0v) is 15.2. The lowest BCUT2D eigenvalue weighted by atomic mass is 10.3. The number of ether oxygens (including phenoxy) is 1. The fourth-order valence-corrected chi connectivity index (χ4v) is 1.44. The van der Waals surface area contributed by atoms with Crippen LogP contribution in [0.3, 0.4) is 0 Å². The van der Waals surface area contributed by atoms with Crippen LogP contribution in [-0.2, 0) is 9.53 Å². The van der Waals surface area contributed by atoms with Crippen LogP contribution in [-0.4, -0.2) is 34.6 Å². The van der Waals surface area contributed by atoms with Gasteiger partial charge in [0.2, 0.25) is 0 Å². The molecular weight excluding hydrogens is 316 g/mol. The fraction of sp³-hybridized carbons (Fsp3) is 0.263. The highest BCUT2D eigenvalue weighted by molar-refractivity contribution is 5.71. The first kappa shape index (κ1) is 22.1. The third-order valence-electron chi connectivity index (χ3n) is 2.55. The Bertz CT molecular complexity index is 656. The lowest BCUT2D eigenvalue weighted by Gasteiger charge is -1.96. The van der Waals surface area contributed by atoms with Crippen LogP contribution in [0.2, 0.25) is 0 Å². The Kier molecular flexibility index (Phi) is 13.0. The highest BCUT2D eigenvalue weighted by Gasteiger charge is 1.97. The van der Waals surface area contributed by atoms with E-state index in [1.807, 2.05) is 63.2 Å². The molecule has 0 aliphatic heterocycles. The molecule has 6 nitrogen and oxygen atoms in total. The van der Waals surface area contributed by atoms with Gasteiger partial charge in [0.1, 0.15) is 0 Å². The maximum atomic E-state index is 9.83. The Morgan fingerprint density at radius 1 is 1.08 bits per heavy atom. The molecule has 6 heteroatoms. The maximum Gasteiger partial charge on any atom is 0.319 e. The van der Waals surface area contributed by atoms with Crippen LogP contribution in [0, 0.1) is 6.92 Å². The van der Waals surface area contributed by atoms with Gasteiger partial charge in [0.15, 0.2) is 5.82 Å². The molecule has 0 amide bonds. The number of methoxy groups -OCH3 is 1. The number of pyridine rings is 1. The molecule has 0 aliphatic rings. The van der Waals surface area contributed by atoms with E-state index in [0.29, 0.717) is 5.82 Å². The standard InChI is InChI=1S/C14H13N3.C3H7NO2.C2H6/c1-12-7-4-2-3-5-10-16-14(17-12)13-8-6-9-15-11-13;1-6-3(5)2-4;1-2/h2-11H,1H3;2,4H2,1H3;1-2H3. The second kappa shape index (κ2) is 14.7. The van der Waals surface area contributed by atoms with Crippen LogP contribution in [0.15, 0.2) is 61.1 Å². The molecule has 0 aliphatic carbocycles. The Morgan fingerprint density at radius 2 is 1.80 bits per heavy atom. The highest BCUT2D eigenvalue weighted by atomic mass is 16.5. The average molecular weight is 342 g/mol. The van der Waals surface area contributed by atoms with Gasteiger partial charge in [0, 0.05) is 29.8 Å². The summed E-state index contributed by atoms with van der Waals surface area (Å²) in [7, 11) is 1.30. The molecule has 0 radical (unpaired) electrons. The van der Waals surface area contributed by atoms with Crippen molar-refractivity contribution in [2.45, 2.75) is 20.8 Å². The van der Waals surface area contributed by atoms with E-state index in [1.54, 1.807) is 18.6 Å². The van der Waals surface area contributed by atoms with E-state index >= 15 is 0 Å². The van der Waals surface area contributed by atoms with Gasteiger partial charge in [0.25, 0.3) is 0 Å². The summed E-state index contributed by atoms with van der Waals surface area (Å²) >= 11 is 0. The Hall–Kier alpha value is -2.86. The second-order valence-corrected chi connectivity index (χ2v) is 4.31. The number of carbonyl (C=O) groups excluding carboxylic acids is 1. The van der Waals surface area contributed by atoms with Crippen LogP contribution in [0.4, 0.5) is 0 Å². The SMILES string of the molecule is CC.COC(=O)CN.Cc1ccccccnc(-c2cccnc2)n1. The third kappa shape index (κ3) is 10.5. The number of aryl methyl sites for hydroxylation is 1. The number of aromatic nitrogens is 3. The highest BCUT2D eigenvalue weighted by Crippen LogP contribution is 2.10. The van der Waals surface area contributed by atoms with Gasteiger partial charge in [-0.2, -0.15) is 0 Å². The molecule has 2 heterocycles. The molecule has 0 bridgehead atoms. The normalized spacial score (nSPS) is 8.52. The minimum atomic E-state index is -0.380. The van der Waals surface area contributed by atoms with E-state index in [1.165, 1.54) is 7.11 Å². The summed E-state index contributed by atoms with van der Waals surface area (Å²) < 4.78 is 4.14. The first-order valence-electron chi connectivity index (χ1n) is 7.97. The van der Waals surface area contributed by atoms with Crippen molar-refractivity contribution in [3.63, 3.8) is 0 Å². The van der Waals surface area contributed by atoms with Crippen LogP contribution in [0.25, 0.3) is 11.4 Å². The molecule has 0 saturated carbocycles. The number of rotatable bonds is 2. The maximum absolute atomic E-state index is 9.83. The molecule has 0 atom stereocenters. The predicted molar refractivity (Wildman–Crippen MR) is 100 cm³/mol. The van der Waals surface area contributed by atoms with Gasteiger partial charge in [-0.1, -0.05) is 32.0 Å². The predicted octanol–water partition coefficient (Wildman–Crippen LogP) is 3.12. The van der Waals surface area contributed by atoms with Crippen molar-refractivity contribution in [3.05, 3.63) is 66.7 Å². The zero-order valence-electron chi connectivity index (χ0n) is 15.2. The van der Waals surface area contributed by atoms with Crippen molar-refractivity contribution in [1.82, 2.24) is 15.0 Å². The minimum Gasteiger partial charge on any atom is -0.468 e. The van der Waals surface area contributed by atoms with Crippen LogP contribution in [0.1, 0.15) is 19.5 Å². The number of carbonyl (C=O) groups is 1. The van der Waals surface area contributed by atoms with Gasteiger partial charge in [-0.15, -0.1) is 0 Å². The number of hydrogen-bond donors (Lipinski definition) is 1. The van der Waals surface area contributed by atoms with E-state index in [4.69, 9.17) is 5.73 Å². The molecule has 134 valence electrons. The van der Waals surface area contributed by atoms with E-state index in [2.05, 4.69) is 19.7 Å². The third-order valence-corrected chi connectivity index (χ3v) is 2.55. The fourth-order valence-electron chi connectivity index (χ4n) is 1.44. The summed E-state index contributed by atoms with van der Waals surface area (Å²) in [5.41, 5.74) is 6.63. The van der Waals surface area contributed by atoms with Crippen molar-refractivity contribution in [1.29, 1.82) is 0 Å². The van der Waals surface area contributed by atoms with E-state index in [0.717, 1.165) is 11.3 Å². The van der Waals surface area contributed by atoms with E-state index in [-0.39, 0.29) is 12.5 Å². The molecule has 0 aromatic carbocycles. The number of nitrogens with zero attached hydrogens (tertiary/aromatic N) is 3. The molecule has 0 spiro atoms. The van der Waals surface area contributed by atoms with Gasteiger partial charge < -0.3 is 10.5 Å². The van der Waals surface area contributed by atoms with Crippen LogP contribution in [0.5, 0.6) is 0 Å². The Labute approximate surface area is 149 Å². The molecular formula is C19H26N4O2. The summed E-state index contributed by atoms with van der Waals surface area (Å²) in [5, 5.41) is 0. The van der Waals surface area contributed by atoms with Crippen LogP contribution < -0.4 is 5.73 Å². The summed E-state index contributed by atoms with van der Waals surface area (Å²) in [4.78, 5) is 22.7. The van der Waals surface area contributed by atoms with E-state index in [9.17, 15) is 4.79 Å². The minimum absolute atomic E-state index is 0.0312. The largest absolute Gasteiger partial charge is 0.468 e. The van der Waals surface area contributed by atoms with E-state index < -0.39 is 0 Å². The van der Waals surface area contributed by atoms with Gasteiger partial charge >= 0.3 is 5.97 Å². The summed E-state index contributed by atoms with van der Waals surface area (Å²) in [6.07, 6.45) is 5.23. The second-order valence-electron chi connectivity index (χ2n) is 4.31. The Balaban J connectivity index is 0.000000614. The molecule has 0 unspecified atom stereocenters. The summed E-state index contributed by atoms with van der Waals surface area (Å²) in [6.45, 7) is 5.91. The number of esters is 1. The van der Waals surface area contributed by atoms with Gasteiger partial charge in [-0.05, 0) is 31.2 Å². The van der Waals surface area contributed by atoms with Crippen molar-refractivity contribution < 1.29 is 9.53 Å². The first-order valence-corrected chi connectivity index (χ1v) is 7.97. The van der Waals surface area contributed by atoms with Crippen LogP contribution >= 0.6 is 0 Å². The molecule has 2 aromatic heterocycles. The molecule has 2 N–H and O–H groups in total. The first-order chi connectivity index (χ1) is 12.2. The molecule has 25 heavy (non-hydrogen) atoms. The Morgan fingerprint density at radius 3 is 2.36 bits per heavy atom. The number of nitrogens with two attached hydrogens (primary N) is 1. The van der Waals surface area contributed by atoms with Crippen molar-refractivity contribution in [3.8, 4) is 11.4 Å². The monoisotopic (exact) mass is 342 g/mol. The molecule has 0 fully saturated rings. The van der Waals surface area contributed by atoms with Gasteiger partial charge in [-0.3, -0.25) is 9.78 Å². The van der Waals surface area contributed by atoms with Gasteiger partial charge in [-0.25, -0.2) is 9.97 Å². The average Bonchev–Trinajstić information content (AvgIpc) is 2.68. The quantitative estimate of drug-likeness (QED) is 0.843.